The van der Waals surface area contributed by atoms with Crippen molar-refractivity contribution in [3.05, 3.63) is 48.0 Å². The van der Waals surface area contributed by atoms with E-state index in [1.165, 1.54) is 0 Å². The lowest BCUT2D eigenvalue weighted by atomic mass is 9.52. The lowest BCUT2D eigenvalue weighted by Crippen LogP contribution is -2.75. The maximum absolute atomic E-state index is 13.3. The fourth-order valence-electron chi connectivity index (χ4n) is 8.10. The minimum Gasteiger partial charge on any atom is -0.455 e. The molecule has 2 bridgehead atoms. The van der Waals surface area contributed by atoms with Gasteiger partial charge in [-0.2, -0.15) is 0 Å². The zero-order valence-corrected chi connectivity index (χ0v) is 21.4. The Morgan fingerprint density at radius 2 is 1.81 bits per heavy atom. The molecule has 0 amide bonds. The van der Waals surface area contributed by atoms with E-state index in [4.69, 9.17) is 9.47 Å². The molecule has 2 heterocycles. The molecule has 4 fully saturated rings. The predicted molar refractivity (Wildman–Crippen MR) is 131 cm³/mol. The van der Waals surface area contributed by atoms with E-state index >= 15 is 0 Å². The molecule has 6 N–H and O–H groups in total. The second-order valence-electron chi connectivity index (χ2n) is 11.9. The third kappa shape index (κ3) is 3.25. The van der Waals surface area contributed by atoms with Gasteiger partial charge in [0.05, 0.1) is 29.3 Å². The van der Waals surface area contributed by atoms with Crippen LogP contribution in [0.3, 0.4) is 0 Å². The van der Waals surface area contributed by atoms with E-state index < -0.39 is 77.1 Å². The van der Waals surface area contributed by atoms with Crippen molar-refractivity contribution in [1.29, 1.82) is 0 Å². The molecule has 0 radical (unpaired) electrons. The molecule has 6 unspecified atom stereocenters. The molecule has 5 rings (SSSR count). The highest BCUT2D eigenvalue weighted by atomic mass is 16.6. The molecule has 9 heteroatoms. The molecular weight excluding hydrogens is 480 g/mol. The van der Waals surface area contributed by atoms with Crippen LogP contribution in [0.4, 0.5) is 0 Å². The molecule has 4 aliphatic rings. The Morgan fingerprint density at radius 3 is 2.41 bits per heavy atom. The molecule has 0 aromatic heterocycles. The van der Waals surface area contributed by atoms with Crippen LogP contribution in [0.5, 0.6) is 0 Å². The van der Waals surface area contributed by atoms with E-state index in [1.54, 1.807) is 51.1 Å². The minimum absolute atomic E-state index is 0.000367. The molecule has 9 nitrogen and oxygen atoms in total. The third-order valence-electron chi connectivity index (χ3n) is 9.99. The van der Waals surface area contributed by atoms with Crippen LogP contribution in [0, 0.1) is 23.7 Å². The summed E-state index contributed by atoms with van der Waals surface area (Å²) in [6.45, 7) is 8.62. The summed E-state index contributed by atoms with van der Waals surface area (Å²) < 4.78 is 12.4. The number of benzene rings is 1. The van der Waals surface area contributed by atoms with E-state index in [-0.39, 0.29) is 30.7 Å². The average Bonchev–Trinajstić information content (AvgIpc) is 3.23. The Kier molecular flexibility index (Phi) is 6.20. The van der Waals surface area contributed by atoms with Gasteiger partial charge in [0.15, 0.2) is 0 Å². The van der Waals surface area contributed by atoms with Crippen molar-refractivity contribution in [2.24, 2.45) is 23.7 Å². The second kappa shape index (κ2) is 8.58. The number of aliphatic hydroxyl groups is 6. The van der Waals surface area contributed by atoms with Crippen LogP contribution >= 0.6 is 0 Å². The molecule has 2 saturated heterocycles. The topological polar surface area (TPSA) is 157 Å². The van der Waals surface area contributed by atoms with E-state index in [1.807, 2.05) is 0 Å². The van der Waals surface area contributed by atoms with Gasteiger partial charge in [-0.3, -0.25) is 0 Å². The highest BCUT2D eigenvalue weighted by molar-refractivity contribution is 5.89. The first-order valence-corrected chi connectivity index (χ1v) is 13.0. The standard InChI is InChI=1S/C28H38O9/c1-14(2)26(34)13-16(4)27(35)18-12-15(3)20(30)28(18)24(32)25(33,10-11-29)22(37-28)19(27)21(26)36-23(31)17-8-6-5-7-9-17/h5-9,15-16,18-22,24,29-30,32-35H,1,10-13H2,2-4H3/t15?,16?,18-,19-,20?,21+,22-,24?,25?,26+,27-,28?/m0/s1. The van der Waals surface area contributed by atoms with E-state index in [0.29, 0.717) is 5.57 Å². The van der Waals surface area contributed by atoms with Crippen LogP contribution < -0.4 is 0 Å². The first-order valence-electron chi connectivity index (χ1n) is 13.0. The summed E-state index contributed by atoms with van der Waals surface area (Å²) in [6, 6.07) is 8.23. The Bertz CT molecular complexity index is 1080. The van der Waals surface area contributed by atoms with Crippen molar-refractivity contribution < 1.29 is 44.9 Å². The summed E-state index contributed by atoms with van der Waals surface area (Å²) in [5.41, 5.74) is -6.69. The molecular formula is C28H38O9. The number of fused-ring (bicyclic) bond motifs is 4. The Balaban J connectivity index is 1.71. The second-order valence-corrected chi connectivity index (χ2v) is 11.9. The first kappa shape index (κ1) is 26.7. The molecule has 37 heavy (non-hydrogen) atoms. The van der Waals surface area contributed by atoms with Gasteiger partial charge in [-0.1, -0.05) is 38.6 Å². The van der Waals surface area contributed by atoms with Gasteiger partial charge >= 0.3 is 5.97 Å². The summed E-state index contributed by atoms with van der Waals surface area (Å²) in [5.74, 6) is -3.75. The Labute approximate surface area is 216 Å². The molecule has 1 spiro atoms. The van der Waals surface area contributed by atoms with Crippen LogP contribution in [0.1, 0.15) is 50.4 Å². The number of hydrogen-bond donors (Lipinski definition) is 6. The zero-order chi connectivity index (χ0) is 27.1. The van der Waals surface area contributed by atoms with Crippen LogP contribution in [-0.2, 0) is 9.47 Å². The van der Waals surface area contributed by atoms with Gasteiger partial charge in [0.2, 0.25) is 0 Å². The maximum atomic E-state index is 13.3. The summed E-state index contributed by atoms with van der Waals surface area (Å²) in [7, 11) is 0. The van der Waals surface area contributed by atoms with Crippen LogP contribution in [0.25, 0.3) is 0 Å². The molecule has 2 saturated carbocycles. The highest BCUT2D eigenvalue weighted by Gasteiger charge is 2.84. The molecule has 1 aromatic rings. The summed E-state index contributed by atoms with van der Waals surface area (Å²) in [4.78, 5) is 13.3. The van der Waals surface area contributed by atoms with Crippen LogP contribution in [-0.4, -0.2) is 90.0 Å². The Hall–Kier alpha value is -1.85. The van der Waals surface area contributed by atoms with Crippen molar-refractivity contribution in [2.45, 2.75) is 86.9 Å². The van der Waals surface area contributed by atoms with E-state index in [2.05, 4.69) is 6.58 Å². The lowest BCUT2D eigenvalue weighted by Gasteiger charge is -2.62. The monoisotopic (exact) mass is 518 g/mol. The number of rotatable bonds is 5. The van der Waals surface area contributed by atoms with Gasteiger partial charge in [-0.25, -0.2) is 4.79 Å². The molecule has 2 aliphatic carbocycles. The minimum atomic E-state index is -2.09. The average molecular weight is 519 g/mol. The molecule has 1 aromatic carbocycles. The number of hydrogen-bond acceptors (Lipinski definition) is 9. The number of esters is 1. The molecule has 12 atom stereocenters. The van der Waals surface area contributed by atoms with Gasteiger partial charge < -0.3 is 40.1 Å². The van der Waals surface area contributed by atoms with Crippen molar-refractivity contribution in [3.8, 4) is 0 Å². The van der Waals surface area contributed by atoms with E-state index in [9.17, 15) is 35.4 Å². The van der Waals surface area contributed by atoms with Crippen molar-refractivity contribution >= 4 is 5.97 Å². The van der Waals surface area contributed by atoms with Crippen LogP contribution in [0.2, 0.25) is 0 Å². The third-order valence-corrected chi connectivity index (χ3v) is 9.99. The largest absolute Gasteiger partial charge is 0.455 e. The lowest BCUT2D eigenvalue weighted by molar-refractivity contribution is -0.324. The number of carbonyl (C=O) groups is 1. The van der Waals surface area contributed by atoms with Gasteiger partial charge in [-0.05, 0) is 49.3 Å². The van der Waals surface area contributed by atoms with Crippen LogP contribution in [0.15, 0.2) is 42.5 Å². The number of aliphatic hydroxyl groups excluding tert-OH is 3. The fourth-order valence-corrected chi connectivity index (χ4v) is 8.10. The number of carbonyl (C=O) groups excluding carboxylic acids is 1. The van der Waals surface area contributed by atoms with Gasteiger partial charge in [0.25, 0.3) is 0 Å². The normalized spacial score (nSPS) is 50.3. The SMILES string of the molecule is C=C(C)[C@]1(O)CC(C)[C@@]2(O)[C@@H]([C@H]1OC(=O)c1ccccc1)[C@@H]1OC3(C(O)C(C)C[C@H]32)C(O)C1(O)CCO. The molecule has 204 valence electrons. The zero-order valence-electron chi connectivity index (χ0n) is 21.4. The summed E-state index contributed by atoms with van der Waals surface area (Å²) >= 11 is 0. The van der Waals surface area contributed by atoms with Crippen molar-refractivity contribution in [3.63, 3.8) is 0 Å². The fraction of sp³-hybridized carbons (Fsp3) is 0.679. The maximum Gasteiger partial charge on any atom is 0.338 e. The van der Waals surface area contributed by atoms with Crippen molar-refractivity contribution in [2.75, 3.05) is 6.61 Å². The summed E-state index contributed by atoms with van der Waals surface area (Å²) in [5, 5.41) is 69.2. The van der Waals surface area contributed by atoms with Gasteiger partial charge in [0, 0.05) is 18.9 Å². The van der Waals surface area contributed by atoms with Crippen molar-refractivity contribution in [1.82, 2.24) is 0 Å². The quantitative estimate of drug-likeness (QED) is 0.242. The predicted octanol–water partition coefficient (Wildman–Crippen LogP) is 0.549. The smallest absolute Gasteiger partial charge is 0.338 e. The first-order chi connectivity index (χ1) is 17.3. The van der Waals surface area contributed by atoms with Gasteiger partial charge in [-0.15, -0.1) is 0 Å². The Morgan fingerprint density at radius 1 is 1.16 bits per heavy atom. The highest BCUT2D eigenvalue weighted by Crippen LogP contribution is 2.68. The molecule has 2 aliphatic heterocycles. The van der Waals surface area contributed by atoms with Gasteiger partial charge in [0.1, 0.15) is 29.0 Å². The summed E-state index contributed by atoms with van der Waals surface area (Å²) in [6.07, 6.45) is -5.61. The van der Waals surface area contributed by atoms with E-state index in [0.717, 1.165) is 0 Å². The number of ether oxygens (including phenoxy) is 2.